The summed E-state index contributed by atoms with van der Waals surface area (Å²) in [5.41, 5.74) is 2.54. The molecule has 1 aromatic carbocycles. The summed E-state index contributed by atoms with van der Waals surface area (Å²) >= 11 is 3.71. The number of nitrogens with zero attached hydrogens (tertiary/aromatic N) is 1. The topological polar surface area (TPSA) is 44.4 Å². The summed E-state index contributed by atoms with van der Waals surface area (Å²) < 4.78 is 12.5. The van der Waals surface area contributed by atoms with Crippen LogP contribution in [0.25, 0.3) is 11.1 Å². The van der Waals surface area contributed by atoms with Crippen molar-refractivity contribution in [3.8, 4) is 0 Å². The molecule has 0 spiro atoms. The maximum Gasteiger partial charge on any atom is 0.419 e. The van der Waals surface area contributed by atoms with E-state index >= 15 is 0 Å². The maximum absolute atomic E-state index is 11.5. The third kappa shape index (κ3) is 2.37. The molecule has 2 atom stereocenters. The lowest BCUT2D eigenvalue weighted by atomic mass is 10.0. The monoisotopic (exact) mass is 325 g/mol. The van der Waals surface area contributed by atoms with E-state index in [1.807, 2.05) is 18.2 Å². The lowest BCUT2D eigenvalue weighted by molar-refractivity contribution is 0.0160. The van der Waals surface area contributed by atoms with Gasteiger partial charge in [-0.25, -0.2) is 4.79 Å². The van der Waals surface area contributed by atoms with Gasteiger partial charge in [0.05, 0.1) is 16.4 Å². The van der Waals surface area contributed by atoms with E-state index in [2.05, 4.69) is 15.9 Å². The van der Waals surface area contributed by atoms with E-state index in [1.165, 1.54) is 11.0 Å². The van der Waals surface area contributed by atoms with Gasteiger partial charge in [0.1, 0.15) is 0 Å². The lowest BCUT2D eigenvalue weighted by Gasteiger charge is -2.27. The summed E-state index contributed by atoms with van der Waals surface area (Å²) in [5, 5.41) is 0. The molecule has 102 valence electrons. The average Bonchev–Trinajstić information content (AvgIpc) is 2.74. The predicted octanol–water partition coefficient (Wildman–Crippen LogP) is 3.14. The first-order valence-electron chi connectivity index (χ1n) is 6.52. The van der Waals surface area contributed by atoms with Crippen molar-refractivity contribution in [3.63, 3.8) is 0 Å². The molecule has 0 bridgehead atoms. The lowest BCUT2D eigenvalue weighted by Crippen LogP contribution is -2.23. The number of hydrogen-bond acceptors (Lipinski definition) is 3. The molecule has 0 amide bonds. The summed E-state index contributed by atoms with van der Waals surface area (Å²) in [6.45, 7) is 0.829. The molecule has 1 aromatic heterocycles. The minimum atomic E-state index is -0.327. The highest BCUT2D eigenvalue weighted by atomic mass is 79.9. The second kappa shape index (κ2) is 5.13. The highest BCUT2D eigenvalue weighted by molar-refractivity contribution is 9.09. The molecule has 3 rings (SSSR count). The van der Waals surface area contributed by atoms with Crippen LogP contribution in [0, 0.1) is 0 Å². The van der Waals surface area contributed by atoms with Crippen LogP contribution in [0.5, 0.6) is 0 Å². The van der Waals surface area contributed by atoms with Crippen LogP contribution < -0.4 is 5.76 Å². The molecule has 2 unspecified atom stereocenters. The number of rotatable bonds is 2. The normalized spacial score (nSPS) is 21.7. The van der Waals surface area contributed by atoms with Crippen molar-refractivity contribution in [2.45, 2.75) is 30.2 Å². The van der Waals surface area contributed by atoms with Gasteiger partial charge in [-0.1, -0.05) is 22.0 Å². The van der Waals surface area contributed by atoms with Crippen molar-refractivity contribution in [1.29, 1.82) is 0 Å². The smallest absolute Gasteiger partial charge is 0.408 e. The van der Waals surface area contributed by atoms with Crippen LogP contribution in [0.1, 0.15) is 29.7 Å². The van der Waals surface area contributed by atoms with Gasteiger partial charge in [0.25, 0.3) is 0 Å². The van der Waals surface area contributed by atoms with E-state index in [1.54, 1.807) is 7.05 Å². The molecule has 0 aliphatic carbocycles. The number of ether oxygens (including phenoxy) is 1. The second-order valence-electron chi connectivity index (χ2n) is 4.96. The summed E-state index contributed by atoms with van der Waals surface area (Å²) in [7, 11) is 1.71. The Balaban J connectivity index is 1.94. The zero-order valence-corrected chi connectivity index (χ0v) is 12.4. The van der Waals surface area contributed by atoms with Gasteiger partial charge in [-0.15, -0.1) is 0 Å². The minimum Gasteiger partial charge on any atom is -0.408 e. The Labute approximate surface area is 119 Å². The van der Waals surface area contributed by atoms with Crippen LogP contribution in [0.4, 0.5) is 0 Å². The molecule has 1 fully saturated rings. The van der Waals surface area contributed by atoms with Crippen LogP contribution in [-0.4, -0.2) is 17.3 Å². The molecule has 2 heterocycles. The number of alkyl halides is 1. The van der Waals surface area contributed by atoms with Crippen molar-refractivity contribution in [2.75, 3.05) is 6.61 Å². The minimum absolute atomic E-state index is 0.141. The van der Waals surface area contributed by atoms with Crippen molar-refractivity contribution >= 4 is 27.0 Å². The van der Waals surface area contributed by atoms with Gasteiger partial charge >= 0.3 is 5.76 Å². The Morgan fingerprint density at radius 2 is 2.26 bits per heavy atom. The molecule has 1 aliphatic rings. The molecule has 2 aromatic rings. The SMILES string of the molecule is Cn1c(=O)oc2cc(C(Br)C3CCCCO3)ccc21. The number of aryl methyl sites for hydroxylation is 1. The zero-order valence-electron chi connectivity index (χ0n) is 10.8. The standard InChI is InChI=1S/C14H16BrNO3/c1-16-10-6-5-9(8-12(10)19-14(16)17)13(15)11-4-2-3-7-18-11/h5-6,8,11,13H,2-4,7H2,1H3. The molecule has 0 radical (unpaired) electrons. The number of hydrogen-bond donors (Lipinski definition) is 0. The van der Waals surface area contributed by atoms with E-state index < -0.39 is 0 Å². The van der Waals surface area contributed by atoms with Crippen LogP contribution >= 0.6 is 15.9 Å². The van der Waals surface area contributed by atoms with Crippen molar-refractivity contribution in [1.82, 2.24) is 4.57 Å². The molecule has 4 nitrogen and oxygen atoms in total. The third-order valence-corrected chi connectivity index (χ3v) is 4.79. The molecule has 19 heavy (non-hydrogen) atoms. The van der Waals surface area contributed by atoms with Crippen LogP contribution in [0.3, 0.4) is 0 Å². The first-order valence-corrected chi connectivity index (χ1v) is 7.43. The number of halogens is 1. The van der Waals surface area contributed by atoms with Gasteiger partial charge in [0, 0.05) is 13.7 Å². The van der Waals surface area contributed by atoms with Crippen molar-refractivity contribution in [3.05, 3.63) is 34.3 Å². The summed E-state index contributed by atoms with van der Waals surface area (Å²) in [6.07, 6.45) is 3.60. The van der Waals surface area contributed by atoms with E-state index in [0.29, 0.717) is 5.58 Å². The van der Waals surface area contributed by atoms with Gasteiger partial charge < -0.3 is 9.15 Å². The Kier molecular flexibility index (Phi) is 3.50. The molecule has 0 saturated carbocycles. The molecule has 1 aliphatic heterocycles. The second-order valence-corrected chi connectivity index (χ2v) is 5.95. The largest absolute Gasteiger partial charge is 0.419 e. The van der Waals surface area contributed by atoms with Gasteiger partial charge in [0.15, 0.2) is 5.58 Å². The average molecular weight is 326 g/mol. The third-order valence-electron chi connectivity index (χ3n) is 3.68. The summed E-state index contributed by atoms with van der Waals surface area (Å²) in [4.78, 5) is 11.6. The van der Waals surface area contributed by atoms with Crippen LogP contribution in [0.15, 0.2) is 27.4 Å². The van der Waals surface area contributed by atoms with E-state index in [0.717, 1.165) is 30.5 Å². The molecule has 5 heteroatoms. The fraction of sp³-hybridized carbons (Fsp3) is 0.500. The first-order chi connectivity index (χ1) is 9.16. The molecule has 0 N–H and O–H groups in total. The Morgan fingerprint density at radius 3 is 3.00 bits per heavy atom. The van der Waals surface area contributed by atoms with E-state index in [4.69, 9.17) is 9.15 Å². The fourth-order valence-electron chi connectivity index (χ4n) is 2.53. The Hall–Kier alpha value is -1.07. The van der Waals surface area contributed by atoms with Gasteiger partial charge in [-0.3, -0.25) is 4.57 Å². The highest BCUT2D eigenvalue weighted by Gasteiger charge is 2.24. The number of oxazole rings is 1. The van der Waals surface area contributed by atoms with Crippen LogP contribution in [-0.2, 0) is 11.8 Å². The van der Waals surface area contributed by atoms with E-state index in [-0.39, 0.29) is 16.7 Å². The van der Waals surface area contributed by atoms with Crippen molar-refractivity contribution < 1.29 is 9.15 Å². The van der Waals surface area contributed by atoms with Crippen molar-refractivity contribution in [2.24, 2.45) is 7.05 Å². The Bertz CT molecular complexity index is 640. The van der Waals surface area contributed by atoms with E-state index in [9.17, 15) is 4.79 Å². The highest BCUT2D eigenvalue weighted by Crippen LogP contribution is 2.34. The summed E-state index contributed by atoms with van der Waals surface area (Å²) in [5.74, 6) is -0.327. The Morgan fingerprint density at radius 1 is 1.42 bits per heavy atom. The molecule has 1 saturated heterocycles. The number of aromatic nitrogens is 1. The van der Waals surface area contributed by atoms with Gasteiger partial charge in [-0.05, 0) is 37.0 Å². The molecular weight excluding hydrogens is 310 g/mol. The van der Waals surface area contributed by atoms with Crippen LogP contribution in [0.2, 0.25) is 0 Å². The quantitative estimate of drug-likeness (QED) is 0.797. The van der Waals surface area contributed by atoms with Gasteiger partial charge in [-0.2, -0.15) is 0 Å². The maximum atomic E-state index is 11.5. The number of fused-ring (bicyclic) bond motifs is 1. The molecular formula is C14H16BrNO3. The zero-order chi connectivity index (χ0) is 13.4. The first kappa shape index (κ1) is 12.9. The number of benzene rings is 1. The fourth-order valence-corrected chi connectivity index (χ4v) is 3.23. The van der Waals surface area contributed by atoms with Gasteiger partial charge in [0.2, 0.25) is 0 Å². The predicted molar refractivity (Wildman–Crippen MR) is 76.7 cm³/mol. The summed E-state index contributed by atoms with van der Waals surface area (Å²) in [6, 6.07) is 5.87.